The van der Waals surface area contributed by atoms with Gasteiger partial charge in [0.1, 0.15) is 0 Å². The van der Waals surface area contributed by atoms with E-state index >= 15 is 0 Å². The highest BCUT2D eigenvalue weighted by Crippen LogP contribution is 2.31. The quantitative estimate of drug-likeness (QED) is 0.361. The Labute approximate surface area is 219 Å². The molecule has 3 aromatic rings. The first-order valence-electron chi connectivity index (χ1n) is 13.2. The predicted octanol–water partition coefficient (Wildman–Crippen LogP) is 5.81. The number of halogens is 1. The van der Waals surface area contributed by atoms with Gasteiger partial charge in [-0.1, -0.05) is 45.1 Å². The van der Waals surface area contributed by atoms with Crippen molar-refractivity contribution in [3.05, 3.63) is 82.5 Å². The fourth-order valence-electron chi connectivity index (χ4n) is 4.56. The zero-order valence-corrected chi connectivity index (χ0v) is 22.7. The minimum atomic E-state index is -0.489. The Balaban J connectivity index is 0.00000186. The van der Waals surface area contributed by atoms with E-state index in [4.69, 9.17) is 5.10 Å². The van der Waals surface area contributed by atoms with Crippen LogP contribution in [0.1, 0.15) is 63.8 Å². The van der Waals surface area contributed by atoms with E-state index in [0.717, 1.165) is 57.2 Å². The van der Waals surface area contributed by atoms with Crippen molar-refractivity contribution in [3.63, 3.8) is 0 Å². The lowest BCUT2D eigenvalue weighted by molar-refractivity contribution is 0.463. The molecule has 0 saturated carbocycles. The minimum absolute atomic E-state index is 0.211. The molecule has 4 heterocycles. The van der Waals surface area contributed by atoms with Gasteiger partial charge in [-0.3, -0.25) is 19.0 Å². The molecular formula is C29H39FN6O. The van der Waals surface area contributed by atoms with Crippen LogP contribution in [0, 0.1) is 12.7 Å². The van der Waals surface area contributed by atoms with Crippen molar-refractivity contribution < 1.29 is 4.39 Å². The lowest BCUT2D eigenvalue weighted by Gasteiger charge is -2.33. The average molecular weight is 507 g/mol. The number of piperidine rings is 1. The summed E-state index contributed by atoms with van der Waals surface area (Å²) in [5, 5.41) is 4.71. The lowest BCUT2D eigenvalue weighted by Crippen LogP contribution is -2.38. The number of hydrogen-bond acceptors (Lipinski definition) is 5. The van der Waals surface area contributed by atoms with Gasteiger partial charge >= 0.3 is 0 Å². The normalized spacial score (nSPS) is 14.4. The monoisotopic (exact) mass is 506 g/mol. The molecule has 3 aromatic heterocycles. The molecule has 0 spiro atoms. The van der Waals surface area contributed by atoms with Crippen LogP contribution in [0.25, 0.3) is 11.3 Å². The Bertz CT molecular complexity index is 1270. The second kappa shape index (κ2) is 13.7. The van der Waals surface area contributed by atoms with E-state index in [1.54, 1.807) is 13.1 Å². The number of rotatable bonds is 8. The molecule has 0 atom stereocenters. The highest BCUT2D eigenvalue weighted by Gasteiger charge is 2.26. The molecule has 0 amide bonds. The third-order valence-electron chi connectivity index (χ3n) is 6.41. The second-order valence-electron chi connectivity index (χ2n) is 8.93. The van der Waals surface area contributed by atoms with Crippen molar-refractivity contribution in [2.24, 2.45) is 7.05 Å². The van der Waals surface area contributed by atoms with E-state index in [-0.39, 0.29) is 11.1 Å². The zero-order valence-electron chi connectivity index (χ0n) is 22.7. The topological polar surface area (TPSA) is 68.8 Å². The van der Waals surface area contributed by atoms with Crippen molar-refractivity contribution in [2.45, 2.75) is 65.8 Å². The SMILES string of the molecule is CC.CC/C=C\C/C=C\Cn1nc(C)cc1C1CCN(c2nc(-c3ccncc3F)cc(=O)n2C)CC1. The summed E-state index contributed by atoms with van der Waals surface area (Å²) in [5.41, 5.74) is 2.69. The minimum Gasteiger partial charge on any atom is -0.342 e. The first-order chi connectivity index (χ1) is 18.0. The maximum Gasteiger partial charge on any atom is 0.255 e. The molecule has 4 rings (SSSR count). The summed E-state index contributed by atoms with van der Waals surface area (Å²) in [5.74, 6) is 0.464. The van der Waals surface area contributed by atoms with Gasteiger partial charge in [0.15, 0.2) is 5.82 Å². The molecule has 1 saturated heterocycles. The summed E-state index contributed by atoms with van der Waals surface area (Å²) in [6.07, 6.45) is 15.2. The molecule has 0 aliphatic carbocycles. The van der Waals surface area contributed by atoms with Crippen molar-refractivity contribution in [1.29, 1.82) is 0 Å². The van der Waals surface area contributed by atoms with E-state index in [2.05, 4.69) is 56.8 Å². The number of aromatic nitrogens is 5. The van der Waals surface area contributed by atoms with Crippen molar-refractivity contribution in [1.82, 2.24) is 24.3 Å². The highest BCUT2D eigenvalue weighted by molar-refractivity contribution is 5.60. The van der Waals surface area contributed by atoms with Gasteiger partial charge in [-0.2, -0.15) is 5.10 Å². The summed E-state index contributed by atoms with van der Waals surface area (Å²) in [4.78, 5) is 23.2. The summed E-state index contributed by atoms with van der Waals surface area (Å²) in [6.45, 7) is 10.5. The van der Waals surface area contributed by atoms with Crippen LogP contribution >= 0.6 is 0 Å². The highest BCUT2D eigenvalue weighted by atomic mass is 19.1. The Hall–Kier alpha value is -3.55. The largest absolute Gasteiger partial charge is 0.342 e. The molecule has 8 heteroatoms. The first kappa shape index (κ1) is 28.0. The van der Waals surface area contributed by atoms with Crippen molar-refractivity contribution >= 4 is 5.95 Å². The standard InChI is InChI=1S/C27H33FN6O.C2H6/c1-4-5-6-7-8-9-14-34-25(17-20(2)31-34)21-11-15-33(16-12-21)27-30-24(18-26(35)32(27)3)22-10-13-29-19-23(22)28;1-2/h5-6,8-10,13,17-19,21H,4,7,11-12,14-16H2,1-3H3;1-2H3/b6-5-,9-8-;. The molecule has 0 aromatic carbocycles. The molecule has 1 aliphatic heterocycles. The molecule has 1 aliphatic rings. The van der Waals surface area contributed by atoms with Gasteiger partial charge in [0.2, 0.25) is 5.95 Å². The average Bonchev–Trinajstić information content (AvgIpc) is 3.29. The van der Waals surface area contributed by atoms with Crippen molar-refractivity contribution in [2.75, 3.05) is 18.0 Å². The fourth-order valence-corrected chi connectivity index (χ4v) is 4.56. The van der Waals surface area contributed by atoms with Gasteiger partial charge in [-0.15, -0.1) is 0 Å². The summed E-state index contributed by atoms with van der Waals surface area (Å²) in [7, 11) is 1.71. The van der Waals surface area contributed by atoms with Crippen LogP contribution in [0.4, 0.5) is 10.3 Å². The van der Waals surface area contributed by atoms with Crippen LogP contribution in [-0.4, -0.2) is 37.4 Å². The molecule has 37 heavy (non-hydrogen) atoms. The Morgan fingerprint density at radius 3 is 2.54 bits per heavy atom. The van der Waals surface area contributed by atoms with E-state index < -0.39 is 5.82 Å². The Morgan fingerprint density at radius 2 is 1.84 bits per heavy atom. The van der Waals surface area contributed by atoms with Crippen LogP contribution in [0.2, 0.25) is 0 Å². The molecule has 198 valence electrons. The van der Waals surface area contributed by atoms with Gasteiger partial charge < -0.3 is 4.90 Å². The van der Waals surface area contributed by atoms with Crippen LogP contribution in [0.5, 0.6) is 0 Å². The summed E-state index contributed by atoms with van der Waals surface area (Å²) < 4.78 is 17.9. The van der Waals surface area contributed by atoms with Gasteiger partial charge in [-0.25, -0.2) is 9.37 Å². The van der Waals surface area contributed by atoms with Gasteiger partial charge in [0, 0.05) is 49.6 Å². The molecule has 0 unspecified atom stereocenters. The maximum atomic E-state index is 14.3. The Kier molecular flexibility index (Phi) is 10.4. The van der Waals surface area contributed by atoms with E-state index in [9.17, 15) is 9.18 Å². The number of nitrogens with zero attached hydrogens (tertiary/aromatic N) is 6. The number of allylic oxidation sites excluding steroid dienone is 4. The number of anilines is 1. The zero-order chi connectivity index (χ0) is 26.8. The predicted molar refractivity (Wildman–Crippen MR) is 148 cm³/mol. The molecule has 0 N–H and O–H groups in total. The molecule has 0 bridgehead atoms. The van der Waals surface area contributed by atoms with Crippen LogP contribution in [0.15, 0.2) is 59.7 Å². The summed E-state index contributed by atoms with van der Waals surface area (Å²) in [6, 6.07) is 5.11. The van der Waals surface area contributed by atoms with Crippen LogP contribution in [0.3, 0.4) is 0 Å². The number of hydrogen-bond donors (Lipinski definition) is 0. The molecule has 0 radical (unpaired) electrons. The molecule has 7 nitrogen and oxygen atoms in total. The third-order valence-corrected chi connectivity index (χ3v) is 6.41. The third kappa shape index (κ3) is 7.02. The van der Waals surface area contributed by atoms with E-state index in [1.807, 2.05) is 20.8 Å². The maximum absolute atomic E-state index is 14.3. The van der Waals surface area contributed by atoms with Crippen molar-refractivity contribution in [3.8, 4) is 11.3 Å². The molecule has 1 fully saturated rings. The Morgan fingerprint density at radius 1 is 1.11 bits per heavy atom. The fraction of sp³-hybridized carbons (Fsp3) is 0.448. The van der Waals surface area contributed by atoms with Crippen LogP contribution < -0.4 is 10.5 Å². The van der Waals surface area contributed by atoms with Crippen LogP contribution in [-0.2, 0) is 13.6 Å². The number of aryl methyl sites for hydroxylation is 1. The number of pyridine rings is 1. The second-order valence-corrected chi connectivity index (χ2v) is 8.93. The smallest absolute Gasteiger partial charge is 0.255 e. The van der Waals surface area contributed by atoms with Gasteiger partial charge in [0.25, 0.3) is 5.56 Å². The van der Waals surface area contributed by atoms with E-state index in [0.29, 0.717) is 17.6 Å². The summed E-state index contributed by atoms with van der Waals surface area (Å²) >= 11 is 0. The van der Waals surface area contributed by atoms with Gasteiger partial charge in [0.05, 0.1) is 24.1 Å². The van der Waals surface area contributed by atoms with Gasteiger partial charge in [-0.05, 0) is 44.7 Å². The molecular weight excluding hydrogens is 467 g/mol. The first-order valence-corrected chi connectivity index (χ1v) is 13.2. The lowest BCUT2D eigenvalue weighted by atomic mass is 9.93. The van der Waals surface area contributed by atoms with E-state index in [1.165, 1.54) is 22.5 Å².